The van der Waals surface area contributed by atoms with Gasteiger partial charge in [-0.25, -0.2) is 12.8 Å². The van der Waals surface area contributed by atoms with Crippen molar-refractivity contribution in [3.63, 3.8) is 0 Å². The molecule has 15 heteroatoms. The first kappa shape index (κ1) is 28.8. The summed E-state index contributed by atoms with van der Waals surface area (Å²) in [4.78, 5) is 24.8. The number of halogens is 3. The average molecular weight is 601 g/mol. The van der Waals surface area contributed by atoms with Crippen molar-refractivity contribution in [3.05, 3.63) is 42.2 Å². The van der Waals surface area contributed by atoms with Gasteiger partial charge < -0.3 is 34.7 Å². The molecule has 0 radical (unpaired) electrons. The zero-order chi connectivity index (χ0) is 29.6. The van der Waals surface area contributed by atoms with Crippen molar-refractivity contribution in [1.29, 1.82) is 0 Å². The molecular formula is C26H27F3N2O9S. The van der Waals surface area contributed by atoms with Crippen LogP contribution in [0.15, 0.2) is 41.3 Å². The van der Waals surface area contributed by atoms with Crippen LogP contribution in [0, 0.1) is 5.82 Å². The van der Waals surface area contributed by atoms with Crippen LogP contribution in [0.1, 0.15) is 32.1 Å². The number of nitrogens with one attached hydrogen (secondary N) is 2. The largest absolute Gasteiger partial charge is 0.586 e. The smallest absolute Gasteiger partial charge is 0.484 e. The van der Waals surface area contributed by atoms with Gasteiger partial charge in [-0.15, -0.1) is 8.78 Å². The highest BCUT2D eigenvalue weighted by Gasteiger charge is 2.55. The van der Waals surface area contributed by atoms with Gasteiger partial charge in [0.2, 0.25) is 0 Å². The average Bonchev–Trinajstić information content (AvgIpc) is 3.19. The van der Waals surface area contributed by atoms with Gasteiger partial charge in [-0.1, -0.05) is 0 Å². The molecule has 1 atom stereocenters. The van der Waals surface area contributed by atoms with Gasteiger partial charge in [0.25, 0.3) is 11.8 Å². The van der Waals surface area contributed by atoms with E-state index in [0.717, 1.165) is 18.4 Å². The van der Waals surface area contributed by atoms with E-state index >= 15 is 0 Å². The predicted octanol–water partition coefficient (Wildman–Crippen LogP) is 2.06. The molecule has 6 rings (SSSR count). The number of sulfone groups is 1. The number of carbonyl (C=O) groups excluding carboxylic acids is 2. The lowest BCUT2D eigenvalue weighted by Gasteiger charge is -2.56. The predicted molar refractivity (Wildman–Crippen MR) is 134 cm³/mol. The van der Waals surface area contributed by atoms with Crippen LogP contribution < -0.4 is 29.6 Å². The maximum absolute atomic E-state index is 14.1. The van der Waals surface area contributed by atoms with Crippen LogP contribution in [0.5, 0.6) is 23.0 Å². The Morgan fingerprint density at radius 2 is 1.54 bits per heavy atom. The van der Waals surface area contributed by atoms with Crippen LogP contribution >= 0.6 is 0 Å². The van der Waals surface area contributed by atoms with Crippen LogP contribution in [0.2, 0.25) is 0 Å². The number of rotatable bonds is 9. The number of hydrogen-bond donors (Lipinski definition) is 3. The van der Waals surface area contributed by atoms with Gasteiger partial charge >= 0.3 is 6.29 Å². The molecule has 2 aromatic rings. The first-order valence-corrected chi connectivity index (χ1v) is 14.5. The second-order valence-corrected chi connectivity index (χ2v) is 12.5. The molecule has 11 nitrogen and oxygen atoms in total. The zero-order valence-electron chi connectivity index (χ0n) is 21.7. The summed E-state index contributed by atoms with van der Waals surface area (Å²) in [6.45, 7) is -0.887. The number of amides is 2. The fourth-order valence-corrected chi connectivity index (χ4v) is 6.22. The van der Waals surface area contributed by atoms with Gasteiger partial charge in [0.15, 0.2) is 34.6 Å². The lowest BCUT2D eigenvalue weighted by molar-refractivity contribution is -0.286. The molecule has 0 aromatic heterocycles. The summed E-state index contributed by atoms with van der Waals surface area (Å²) in [6.07, 6.45) is -2.02. The second-order valence-electron chi connectivity index (χ2n) is 10.5. The minimum atomic E-state index is -3.77. The maximum atomic E-state index is 14.1. The van der Waals surface area contributed by atoms with Crippen molar-refractivity contribution >= 4 is 21.7 Å². The Bertz CT molecular complexity index is 1480. The normalized spacial score (nSPS) is 25.8. The molecule has 222 valence electrons. The third-order valence-corrected chi connectivity index (χ3v) is 8.66. The first-order valence-electron chi connectivity index (χ1n) is 12.6. The van der Waals surface area contributed by atoms with E-state index in [9.17, 15) is 36.3 Å². The Labute approximate surface area is 232 Å². The number of fused-ring (bicyclic) bond motifs is 4. The molecule has 0 spiro atoms. The summed E-state index contributed by atoms with van der Waals surface area (Å²) in [7, 11) is -3.75. The molecule has 2 amide bonds. The van der Waals surface area contributed by atoms with Crippen LogP contribution in [-0.4, -0.2) is 68.3 Å². The second kappa shape index (κ2) is 10.3. The summed E-state index contributed by atoms with van der Waals surface area (Å²) in [5.74, 6) is -2.29. The van der Waals surface area contributed by atoms with E-state index in [1.807, 2.05) is 0 Å². The highest BCUT2D eigenvalue weighted by Crippen LogP contribution is 2.47. The van der Waals surface area contributed by atoms with Gasteiger partial charge in [-0.05, 0) is 56.4 Å². The van der Waals surface area contributed by atoms with E-state index in [0.29, 0.717) is 25.7 Å². The van der Waals surface area contributed by atoms with Crippen molar-refractivity contribution in [1.82, 2.24) is 10.6 Å². The van der Waals surface area contributed by atoms with Gasteiger partial charge in [0.1, 0.15) is 22.2 Å². The molecule has 3 fully saturated rings. The summed E-state index contributed by atoms with van der Waals surface area (Å²) in [6, 6.07) is 6.97. The van der Waals surface area contributed by atoms with Crippen molar-refractivity contribution in [2.45, 2.75) is 60.5 Å². The Hall–Kier alpha value is -3.72. The highest BCUT2D eigenvalue weighted by atomic mass is 32.2. The van der Waals surface area contributed by atoms with Crippen molar-refractivity contribution < 1.29 is 55.2 Å². The van der Waals surface area contributed by atoms with E-state index in [2.05, 4.69) is 20.1 Å². The molecular weight excluding hydrogens is 573 g/mol. The molecule has 3 N–H and O–H groups in total. The number of carbonyl (C=O) groups is 2. The number of aliphatic hydroxyl groups excluding tert-OH is 1. The topological polar surface area (TPSA) is 149 Å². The van der Waals surface area contributed by atoms with Crippen molar-refractivity contribution in [3.8, 4) is 23.0 Å². The van der Waals surface area contributed by atoms with E-state index in [1.165, 1.54) is 24.3 Å². The van der Waals surface area contributed by atoms with Gasteiger partial charge in [0.05, 0.1) is 11.6 Å². The van der Waals surface area contributed by atoms with Crippen LogP contribution in [0.3, 0.4) is 0 Å². The van der Waals surface area contributed by atoms with Crippen molar-refractivity contribution in [2.75, 3.05) is 19.5 Å². The molecule has 1 aliphatic heterocycles. The van der Waals surface area contributed by atoms with E-state index in [1.54, 1.807) is 0 Å². The highest BCUT2D eigenvalue weighted by molar-refractivity contribution is 7.90. The summed E-state index contributed by atoms with van der Waals surface area (Å²) in [5.41, 5.74) is -1.64. The molecule has 1 unspecified atom stereocenters. The number of benzene rings is 2. The van der Waals surface area contributed by atoms with Gasteiger partial charge in [-0.2, -0.15) is 0 Å². The minimum absolute atomic E-state index is 0.0162. The summed E-state index contributed by atoms with van der Waals surface area (Å²) < 4.78 is 83.0. The monoisotopic (exact) mass is 600 g/mol. The third-order valence-electron chi connectivity index (χ3n) is 7.53. The number of hydrogen-bond acceptors (Lipinski definition) is 9. The van der Waals surface area contributed by atoms with Crippen LogP contribution in [0.25, 0.3) is 0 Å². The maximum Gasteiger partial charge on any atom is 0.586 e. The lowest BCUT2D eigenvalue weighted by Crippen LogP contribution is -2.70. The Morgan fingerprint density at radius 3 is 2.15 bits per heavy atom. The number of alkyl halides is 2. The fourth-order valence-electron chi connectivity index (χ4n) is 5.50. The van der Waals surface area contributed by atoms with E-state index in [-0.39, 0.29) is 29.4 Å². The molecule has 2 bridgehead atoms. The standard InChI is InChI=1S/C26H27F3N2O9S/c1-41(35,36)20-5-3-15(10-17(20)27)37-13-22(33)30-24-6-8-25(9-7-24,21(32)12-24)31-23(34)14-38-16-2-4-18-19(11-16)40-26(28,29)39-18/h2-5,10-11,21,32H,6-9,12-14H2,1H3,(H,30,33)(H,31,34). The third kappa shape index (κ3) is 6.15. The SMILES string of the molecule is CS(=O)(=O)c1ccc(OCC(=O)NC23CCC(NC(=O)COc4ccc5c(c4)OC(F)(F)O5)(CC2)C(O)C3)cc1F. The molecule has 41 heavy (non-hydrogen) atoms. The molecule has 3 aliphatic carbocycles. The Kier molecular flexibility index (Phi) is 7.22. The van der Waals surface area contributed by atoms with Gasteiger partial charge in [0, 0.05) is 23.9 Å². The van der Waals surface area contributed by atoms with Crippen molar-refractivity contribution in [2.24, 2.45) is 0 Å². The molecule has 2 aromatic carbocycles. The summed E-state index contributed by atoms with van der Waals surface area (Å²) in [5, 5.41) is 16.6. The number of ether oxygens (including phenoxy) is 4. The van der Waals surface area contributed by atoms with E-state index in [4.69, 9.17) is 9.47 Å². The Morgan fingerprint density at radius 1 is 0.951 bits per heavy atom. The molecule has 4 aliphatic rings. The quantitative estimate of drug-likeness (QED) is 0.393. The number of aliphatic hydroxyl groups is 1. The lowest BCUT2D eigenvalue weighted by atomic mass is 9.60. The van der Waals surface area contributed by atoms with Crippen LogP contribution in [-0.2, 0) is 19.4 Å². The summed E-state index contributed by atoms with van der Waals surface area (Å²) >= 11 is 0. The zero-order valence-corrected chi connectivity index (χ0v) is 22.6. The molecule has 3 saturated carbocycles. The van der Waals surface area contributed by atoms with Gasteiger partial charge in [-0.3, -0.25) is 9.59 Å². The molecule has 0 saturated heterocycles. The first-order chi connectivity index (χ1) is 19.2. The van der Waals surface area contributed by atoms with Crippen LogP contribution in [0.4, 0.5) is 13.2 Å². The van der Waals surface area contributed by atoms with E-state index < -0.39 is 69.1 Å². The minimum Gasteiger partial charge on any atom is -0.484 e. The molecule has 1 heterocycles. The Balaban J connectivity index is 1.11. The fraction of sp³-hybridized carbons (Fsp3) is 0.462.